The Balaban J connectivity index is 1.57. The van der Waals surface area contributed by atoms with Gasteiger partial charge in [-0.25, -0.2) is 9.07 Å². The van der Waals surface area contributed by atoms with Crippen LogP contribution in [-0.4, -0.2) is 61.6 Å². The zero-order valence-electron chi connectivity index (χ0n) is 18.3. The van der Waals surface area contributed by atoms with Gasteiger partial charge in [0.1, 0.15) is 5.02 Å². The van der Waals surface area contributed by atoms with Gasteiger partial charge in [-0.05, 0) is 19.4 Å². The summed E-state index contributed by atoms with van der Waals surface area (Å²) in [6.45, 7) is 3.39. The van der Waals surface area contributed by atoms with Crippen LogP contribution in [0.4, 0.5) is 14.5 Å². The van der Waals surface area contributed by atoms with Crippen LogP contribution in [-0.2, 0) is 13.6 Å². The molecule has 1 N–H and O–H groups in total. The summed E-state index contributed by atoms with van der Waals surface area (Å²) in [6.07, 6.45) is -1.04. The largest absolute Gasteiger partial charge is 0.469 e. The highest BCUT2D eigenvalue weighted by atomic mass is 35.5. The van der Waals surface area contributed by atoms with Gasteiger partial charge in [-0.2, -0.15) is 19.6 Å². The first-order chi connectivity index (χ1) is 15.7. The number of aryl methyl sites for hydroxylation is 2. The molecule has 1 aliphatic rings. The maximum absolute atomic E-state index is 14.8. The molecule has 1 aliphatic heterocycles. The fourth-order valence-electron chi connectivity index (χ4n) is 4.00. The molecular formula is C21H23ClF2N6O3. The summed E-state index contributed by atoms with van der Waals surface area (Å²) in [6, 6.07) is 2.84. The molecule has 0 spiro atoms. The van der Waals surface area contributed by atoms with Crippen molar-refractivity contribution in [1.29, 1.82) is 0 Å². The van der Waals surface area contributed by atoms with E-state index in [0.717, 1.165) is 21.6 Å². The number of alkyl halides is 1. The van der Waals surface area contributed by atoms with Crippen molar-refractivity contribution in [2.24, 2.45) is 7.05 Å². The lowest BCUT2D eigenvalue weighted by atomic mass is 10.1. The summed E-state index contributed by atoms with van der Waals surface area (Å²) in [5.41, 5.74) is 2.54. The second-order valence-corrected chi connectivity index (χ2v) is 8.24. The summed E-state index contributed by atoms with van der Waals surface area (Å²) < 4.78 is 37.6. The number of aliphatic hydroxyl groups is 1. The molecule has 2 atom stereocenters. The predicted octanol–water partition coefficient (Wildman–Crippen LogP) is 2.05. The van der Waals surface area contributed by atoms with Crippen molar-refractivity contribution in [3.8, 4) is 17.0 Å². The molecule has 0 bridgehead atoms. The molecule has 0 amide bonds. The van der Waals surface area contributed by atoms with Gasteiger partial charge in [0, 0.05) is 30.4 Å². The SMILES string of the molecule is Cc1nn(C)c(C)c1-c1cc(F)nc(O[C@H]2CN(c3cnn(CCO)c(=O)c3Cl)C[C@@H]2F)c1. The van der Waals surface area contributed by atoms with Crippen molar-refractivity contribution in [2.75, 3.05) is 24.6 Å². The van der Waals surface area contributed by atoms with Gasteiger partial charge in [-0.3, -0.25) is 9.48 Å². The number of aliphatic hydroxyl groups excluding tert-OH is 1. The number of pyridine rings is 1. The van der Waals surface area contributed by atoms with E-state index in [0.29, 0.717) is 5.56 Å². The van der Waals surface area contributed by atoms with E-state index in [1.54, 1.807) is 22.7 Å². The zero-order chi connectivity index (χ0) is 23.9. The Bertz CT molecular complexity index is 1250. The molecule has 0 unspecified atom stereocenters. The molecule has 0 aromatic carbocycles. The third-order valence-electron chi connectivity index (χ3n) is 5.66. The van der Waals surface area contributed by atoms with Crippen molar-refractivity contribution < 1.29 is 18.6 Å². The van der Waals surface area contributed by atoms with Crippen molar-refractivity contribution in [1.82, 2.24) is 24.5 Å². The van der Waals surface area contributed by atoms with Gasteiger partial charge >= 0.3 is 0 Å². The Morgan fingerprint density at radius 1 is 1.30 bits per heavy atom. The lowest BCUT2D eigenvalue weighted by Crippen LogP contribution is -2.30. The van der Waals surface area contributed by atoms with Gasteiger partial charge in [0.25, 0.3) is 5.56 Å². The molecule has 12 heteroatoms. The summed E-state index contributed by atoms with van der Waals surface area (Å²) in [5.74, 6) is -0.806. The second kappa shape index (κ2) is 9.06. The topological polar surface area (TPSA) is 98.3 Å². The van der Waals surface area contributed by atoms with Gasteiger partial charge in [0.15, 0.2) is 12.3 Å². The third kappa shape index (κ3) is 4.42. The molecule has 4 heterocycles. The Labute approximate surface area is 193 Å². The standard InChI is InChI=1S/C21H23ClF2N6O3/c1-11-19(12(2)28(3)27-11)13-6-17(24)26-18(7-13)33-16-10-29(9-14(16)23)15-8-25-30(4-5-31)21(32)20(15)22/h6-8,14,16,31H,4-5,9-10H2,1-3H3/t14-,16-/m0/s1. The van der Waals surface area contributed by atoms with Crippen LogP contribution in [0.5, 0.6) is 5.88 Å². The minimum absolute atomic E-state index is 0.000236. The smallest absolute Gasteiger partial charge is 0.287 e. The molecular weight excluding hydrogens is 458 g/mol. The molecule has 9 nitrogen and oxygen atoms in total. The van der Waals surface area contributed by atoms with E-state index in [9.17, 15) is 13.6 Å². The number of anilines is 1. The molecule has 0 saturated carbocycles. The lowest BCUT2D eigenvalue weighted by Gasteiger charge is -2.19. The van der Waals surface area contributed by atoms with E-state index in [1.165, 1.54) is 12.3 Å². The normalized spacial score (nSPS) is 18.2. The number of halogens is 3. The molecule has 0 radical (unpaired) electrons. The summed E-state index contributed by atoms with van der Waals surface area (Å²) in [4.78, 5) is 17.6. The molecule has 4 rings (SSSR count). The minimum atomic E-state index is -1.43. The predicted molar refractivity (Wildman–Crippen MR) is 118 cm³/mol. The van der Waals surface area contributed by atoms with Crippen LogP contribution < -0.4 is 15.2 Å². The highest BCUT2D eigenvalue weighted by molar-refractivity contribution is 6.33. The molecule has 1 saturated heterocycles. The zero-order valence-corrected chi connectivity index (χ0v) is 19.1. The number of rotatable bonds is 6. The minimum Gasteiger partial charge on any atom is -0.469 e. The first-order valence-corrected chi connectivity index (χ1v) is 10.7. The van der Waals surface area contributed by atoms with E-state index in [4.69, 9.17) is 21.4 Å². The first kappa shape index (κ1) is 23.1. The van der Waals surface area contributed by atoms with Gasteiger partial charge < -0.3 is 14.7 Å². The van der Waals surface area contributed by atoms with Crippen LogP contribution in [0.25, 0.3) is 11.1 Å². The summed E-state index contributed by atoms with van der Waals surface area (Å²) >= 11 is 6.18. The number of ether oxygens (including phenoxy) is 1. The Hall–Kier alpha value is -3.05. The van der Waals surface area contributed by atoms with E-state index < -0.39 is 23.8 Å². The molecule has 176 valence electrons. The van der Waals surface area contributed by atoms with E-state index >= 15 is 0 Å². The average molecular weight is 481 g/mol. The Kier molecular flexibility index (Phi) is 6.35. The van der Waals surface area contributed by atoms with Crippen molar-refractivity contribution in [2.45, 2.75) is 32.7 Å². The van der Waals surface area contributed by atoms with Crippen LogP contribution >= 0.6 is 11.6 Å². The van der Waals surface area contributed by atoms with Crippen LogP contribution in [0.2, 0.25) is 5.02 Å². The summed E-state index contributed by atoms with van der Waals surface area (Å²) in [7, 11) is 1.80. The highest BCUT2D eigenvalue weighted by Crippen LogP contribution is 2.32. The number of aromatic nitrogens is 5. The fourth-order valence-corrected chi connectivity index (χ4v) is 4.26. The molecule has 0 aliphatic carbocycles. The van der Waals surface area contributed by atoms with Crippen LogP contribution in [0.15, 0.2) is 23.1 Å². The molecule has 3 aromatic heterocycles. The summed E-state index contributed by atoms with van der Waals surface area (Å²) in [5, 5.41) is 17.2. The fraction of sp³-hybridized carbons (Fsp3) is 0.429. The Morgan fingerprint density at radius 2 is 2.06 bits per heavy atom. The van der Waals surface area contributed by atoms with Crippen LogP contribution in [0, 0.1) is 19.8 Å². The van der Waals surface area contributed by atoms with E-state index in [-0.39, 0.29) is 42.8 Å². The molecule has 1 fully saturated rings. The second-order valence-electron chi connectivity index (χ2n) is 7.86. The maximum Gasteiger partial charge on any atom is 0.287 e. The van der Waals surface area contributed by atoms with Crippen molar-refractivity contribution in [3.05, 3.63) is 51.0 Å². The quantitative estimate of drug-likeness (QED) is 0.539. The van der Waals surface area contributed by atoms with E-state index in [1.807, 2.05) is 13.8 Å². The number of nitrogens with zero attached hydrogens (tertiary/aromatic N) is 6. The molecule has 3 aromatic rings. The van der Waals surface area contributed by atoms with Crippen molar-refractivity contribution >= 4 is 17.3 Å². The highest BCUT2D eigenvalue weighted by Gasteiger charge is 2.36. The first-order valence-electron chi connectivity index (χ1n) is 10.3. The van der Waals surface area contributed by atoms with Crippen LogP contribution in [0.1, 0.15) is 11.4 Å². The number of hydrogen-bond donors (Lipinski definition) is 1. The Morgan fingerprint density at radius 3 is 2.73 bits per heavy atom. The monoisotopic (exact) mass is 480 g/mol. The lowest BCUT2D eigenvalue weighted by molar-refractivity contribution is 0.133. The van der Waals surface area contributed by atoms with Crippen molar-refractivity contribution in [3.63, 3.8) is 0 Å². The van der Waals surface area contributed by atoms with Gasteiger partial charge in [0.05, 0.1) is 43.8 Å². The van der Waals surface area contributed by atoms with Gasteiger partial charge in [0.2, 0.25) is 11.8 Å². The third-order valence-corrected chi connectivity index (χ3v) is 6.01. The number of hydrogen-bond acceptors (Lipinski definition) is 7. The maximum atomic E-state index is 14.8. The van der Waals surface area contributed by atoms with Crippen LogP contribution in [0.3, 0.4) is 0 Å². The van der Waals surface area contributed by atoms with Gasteiger partial charge in [-0.15, -0.1) is 0 Å². The van der Waals surface area contributed by atoms with E-state index in [2.05, 4.69) is 15.2 Å². The average Bonchev–Trinajstić information content (AvgIpc) is 3.23. The van der Waals surface area contributed by atoms with Gasteiger partial charge in [-0.1, -0.05) is 11.6 Å². The molecule has 33 heavy (non-hydrogen) atoms.